The van der Waals surface area contributed by atoms with Gasteiger partial charge < -0.3 is 0 Å². The van der Waals surface area contributed by atoms with Gasteiger partial charge in [-0.1, -0.05) is 0 Å². The third-order valence-electron chi connectivity index (χ3n) is 1.49. The molecule has 0 heterocycles. The SMILES string of the molecule is [Ni].[Te]c1ccccc1.[Te]c1ccccc1. The van der Waals surface area contributed by atoms with E-state index in [4.69, 9.17) is 0 Å². The minimum absolute atomic E-state index is 0. The normalized spacial score (nSPS) is 8.00. The van der Waals surface area contributed by atoms with Crippen LogP contribution in [0, 0.1) is 0 Å². The van der Waals surface area contributed by atoms with E-state index in [0.29, 0.717) is 0 Å². The van der Waals surface area contributed by atoms with Crippen LogP contribution in [-0.2, 0) is 16.5 Å². The maximum atomic E-state index is 2.09. The number of hydrogen-bond acceptors (Lipinski definition) is 0. The molecule has 80 valence electrons. The molecule has 2 aromatic rings. The van der Waals surface area contributed by atoms with E-state index >= 15 is 0 Å². The molecular weight excluding hydrogens is 458 g/mol. The molecular formula is C12H10NiTe2. The Labute approximate surface area is 128 Å². The molecule has 0 saturated heterocycles. The van der Waals surface area contributed by atoms with E-state index in [1.54, 1.807) is 0 Å². The van der Waals surface area contributed by atoms with E-state index in [0.717, 1.165) is 0 Å². The summed E-state index contributed by atoms with van der Waals surface area (Å²) in [6.45, 7) is 0. The Kier molecular flexibility index (Phi) is 10.1. The van der Waals surface area contributed by atoms with Gasteiger partial charge in [0.2, 0.25) is 0 Å². The second-order valence-electron chi connectivity index (χ2n) is 2.63. The first-order valence-corrected chi connectivity index (χ1v) is 6.56. The molecule has 0 nitrogen and oxygen atoms in total. The number of hydrogen-bond donors (Lipinski definition) is 0. The van der Waals surface area contributed by atoms with Crippen LogP contribution in [0.5, 0.6) is 0 Å². The van der Waals surface area contributed by atoms with E-state index in [-0.39, 0.29) is 16.5 Å². The molecule has 0 N–H and O–H groups in total. The van der Waals surface area contributed by atoms with Crippen molar-refractivity contribution in [2.24, 2.45) is 0 Å². The van der Waals surface area contributed by atoms with Gasteiger partial charge in [-0.2, -0.15) is 0 Å². The first-order chi connectivity index (χ1) is 6.79. The standard InChI is InChI=1S/2C6H5Te.Ni/c2*7-6-4-2-1-3-5-6;/h2*1-5H;. The van der Waals surface area contributed by atoms with Gasteiger partial charge in [-0.15, -0.1) is 0 Å². The van der Waals surface area contributed by atoms with Crippen LogP contribution in [0.15, 0.2) is 60.7 Å². The fraction of sp³-hybridized carbons (Fsp3) is 0. The van der Waals surface area contributed by atoms with E-state index in [2.05, 4.69) is 24.3 Å². The average Bonchev–Trinajstić information content (AvgIpc) is 2.21. The molecule has 15 heavy (non-hydrogen) atoms. The first-order valence-electron chi connectivity index (χ1n) is 4.23. The van der Waals surface area contributed by atoms with Crippen molar-refractivity contribution in [3.05, 3.63) is 60.7 Å². The molecule has 0 aliphatic heterocycles. The Morgan fingerprint density at radius 1 is 0.533 bits per heavy atom. The third kappa shape index (κ3) is 8.33. The fourth-order valence-corrected chi connectivity index (χ4v) is 1.74. The summed E-state index contributed by atoms with van der Waals surface area (Å²) in [5.41, 5.74) is 0. The molecule has 0 aromatic heterocycles. The summed E-state index contributed by atoms with van der Waals surface area (Å²) in [7, 11) is 0. The van der Waals surface area contributed by atoms with E-state index in [1.807, 2.05) is 81.0 Å². The van der Waals surface area contributed by atoms with Gasteiger partial charge in [0, 0.05) is 16.5 Å². The Hall–Kier alpha value is 0.513. The second kappa shape index (κ2) is 9.72. The molecule has 0 fully saturated rings. The fourth-order valence-electron chi connectivity index (χ4n) is 0.841. The van der Waals surface area contributed by atoms with Gasteiger partial charge in [0.05, 0.1) is 0 Å². The zero-order valence-corrected chi connectivity index (χ0v) is 13.6. The summed E-state index contributed by atoms with van der Waals surface area (Å²) in [5.74, 6) is 0. The Bertz CT molecular complexity index is 311. The zero-order chi connectivity index (χ0) is 10.2. The Morgan fingerprint density at radius 2 is 0.800 bits per heavy atom. The van der Waals surface area contributed by atoms with Crippen molar-refractivity contribution < 1.29 is 16.5 Å². The topological polar surface area (TPSA) is 0 Å². The Morgan fingerprint density at radius 3 is 0.933 bits per heavy atom. The summed E-state index contributed by atoms with van der Waals surface area (Å²) in [6.07, 6.45) is 0. The van der Waals surface area contributed by atoms with Gasteiger partial charge in [-0.25, -0.2) is 0 Å². The van der Waals surface area contributed by atoms with E-state index in [9.17, 15) is 0 Å². The van der Waals surface area contributed by atoms with Crippen LogP contribution in [0.2, 0.25) is 0 Å². The van der Waals surface area contributed by atoms with Gasteiger partial charge in [-0.05, 0) is 0 Å². The molecule has 0 aliphatic rings. The van der Waals surface area contributed by atoms with Gasteiger partial charge in [0.1, 0.15) is 0 Å². The summed E-state index contributed by atoms with van der Waals surface area (Å²) < 4.78 is 2.66. The molecule has 2 rings (SSSR count). The van der Waals surface area contributed by atoms with Crippen molar-refractivity contribution in [2.45, 2.75) is 0 Å². The molecule has 0 unspecified atom stereocenters. The Balaban J connectivity index is 0.000000245. The van der Waals surface area contributed by atoms with Crippen LogP contribution < -0.4 is 7.22 Å². The predicted octanol–water partition coefficient (Wildman–Crippen LogP) is 0.958. The van der Waals surface area contributed by atoms with E-state index in [1.165, 1.54) is 7.22 Å². The van der Waals surface area contributed by atoms with Gasteiger partial charge in [0.25, 0.3) is 0 Å². The number of rotatable bonds is 0. The molecule has 0 aliphatic carbocycles. The zero-order valence-electron chi connectivity index (χ0n) is 7.91. The molecule has 2 radical (unpaired) electrons. The van der Waals surface area contributed by atoms with Crippen molar-refractivity contribution in [1.82, 2.24) is 0 Å². The van der Waals surface area contributed by atoms with Crippen LogP contribution in [0.3, 0.4) is 0 Å². The van der Waals surface area contributed by atoms with Crippen LogP contribution in [0.1, 0.15) is 0 Å². The van der Waals surface area contributed by atoms with Crippen molar-refractivity contribution in [3.63, 3.8) is 0 Å². The summed E-state index contributed by atoms with van der Waals surface area (Å²) in [5, 5.41) is 0. The summed E-state index contributed by atoms with van der Waals surface area (Å²) >= 11 is 4.04. The van der Waals surface area contributed by atoms with Crippen molar-refractivity contribution >= 4 is 51.8 Å². The predicted molar refractivity (Wildman–Crippen MR) is 63.7 cm³/mol. The van der Waals surface area contributed by atoms with Crippen molar-refractivity contribution in [1.29, 1.82) is 0 Å². The monoisotopic (exact) mass is 472 g/mol. The second-order valence-corrected chi connectivity index (χ2v) is 5.32. The molecule has 2 aromatic carbocycles. The number of benzene rings is 2. The molecule has 0 saturated carbocycles. The van der Waals surface area contributed by atoms with Gasteiger partial charge in [0.15, 0.2) is 0 Å². The molecule has 0 atom stereocenters. The molecule has 0 spiro atoms. The van der Waals surface area contributed by atoms with Crippen LogP contribution >= 0.6 is 0 Å². The summed E-state index contributed by atoms with van der Waals surface area (Å²) in [6, 6.07) is 20.6. The molecule has 0 amide bonds. The van der Waals surface area contributed by atoms with Crippen molar-refractivity contribution in [3.8, 4) is 0 Å². The quantitative estimate of drug-likeness (QED) is 0.506. The molecule has 0 bridgehead atoms. The van der Waals surface area contributed by atoms with E-state index < -0.39 is 0 Å². The molecule has 3 heteroatoms. The minimum atomic E-state index is 0. The third-order valence-corrected chi connectivity index (χ3v) is 3.04. The van der Waals surface area contributed by atoms with Gasteiger partial charge in [-0.3, -0.25) is 0 Å². The average molecular weight is 468 g/mol. The first kappa shape index (κ1) is 15.5. The van der Waals surface area contributed by atoms with Crippen molar-refractivity contribution in [2.75, 3.05) is 0 Å². The van der Waals surface area contributed by atoms with Crippen LogP contribution in [0.25, 0.3) is 0 Å². The van der Waals surface area contributed by atoms with Crippen LogP contribution in [0.4, 0.5) is 0 Å². The maximum absolute atomic E-state index is 2.09. The van der Waals surface area contributed by atoms with Crippen LogP contribution in [-0.4, -0.2) is 44.6 Å². The summed E-state index contributed by atoms with van der Waals surface area (Å²) in [4.78, 5) is 0. The van der Waals surface area contributed by atoms with Gasteiger partial charge >= 0.3 is 112 Å².